The standard InChI is InChI=1S/C31H37FN8O4/c1-31(2,3)44-30(42)38-16-10-21(11-17-38)37-14-12-22(13-15-37)40-28-26(27(33)35-19-36-28)39(29(40)41)23-6-9-25(34-18-23)43-24-7-4-20(32)5-8-24/h4-9,18-19,21-22H,10-17H2,1-3H3,(H2,33,35,36). The first kappa shape index (κ1) is 29.5. The van der Waals surface area contributed by atoms with Gasteiger partial charge in [-0.1, -0.05) is 0 Å². The Hall–Kier alpha value is -4.52. The zero-order valence-electron chi connectivity index (χ0n) is 25.1. The van der Waals surface area contributed by atoms with Crippen LogP contribution >= 0.6 is 0 Å². The largest absolute Gasteiger partial charge is 0.444 e. The number of ether oxygens (including phenoxy) is 2. The summed E-state index contributed by atoms with van der Waals surface area (Å²) in [6, 6.07) is 9.32. The topological polar surface area (TPSA) is 134 Å². The summed E-state index contributed by atoms with van der Waals surface area (Å²) in [7, 11) is 0. The molecule has 0 spiro atoms. The van der Waals surface area contributed by atoms with Crippen molar-refractivity contribution in [1.29, 1.82) is 0 Å². The number of nitrogen functional groups attached to an aromatic ring is 1. The van der Waals surface area contributed by atoms with E-state index in [0.717, 1.165) is 38.8 Å². The fourth-order valence-electron chi connectivity index (χ4n) is 6.07. The molecule has 1 amide bonds. The fraction of sp³-hybridized carbons (Fsp3) is 0.452. The third-order valence-corrected chi connectivity index (χ3v) is 8.19. The van der Waals surface area contributed by atoms with Crippen molar-refractivity contribution in [2.75, 3.05) is 31.9 Å². The smallest absolute Gasteiger partial charge is 0.410 e. The van der Waals surface area contributed by atoms with Gasteiger partial charge in [-0.2, -0.15) is 0 Å². The van der Waals surface area contributed by atoms with Gasteiger partial charge in [-0.3, -0.25) is 9.13 Å². The zero-order chi connectivity index (χ0) is 31.0. The van der Waals surface area contributed by atoms with E-state index in [1.54, 1.807) is 21.6 Å². The second-order valence-corrected chi connectivity index (χ2v) is 12.3. The number of hydrogen-bond acceptors (Lipinski definition) is 9. The fourth-order valence-corrected chi connectivity index (χ4v) is 6.07. The Labute approximate surface area is 254 Å². The normalized spacial score (nSPS) is 17.2. The van der Waals surface area contributed by atoms with E-state index < -0.39 is 5.60 Å². The number of fused-ring (bicyclic) bond motifs is 1. The lowest BCUT2D eigenvalue weighted by Gasteiger charge is -2.42. The number of carbonyl (C=O) groups excluding carboxylic acids is 1. The van der Waals surface area contributed by atoms with Crippen molar-refractivity contribution < 1.29 is 18.7 Å². The van der Waals surface area contributed by atoms with Gasteiger partial charge in [-0.15, -0.1) is 0 Å². The van der Waals surface area contributed by atoms with Crippen molar-refractivity contribution >= 4 is 23.1 Å². The highest BCUT2D eigenvalue weighted by molar-refractivity contribution is 5.84. The van der Waals surface area contributed by atoms with Gasteiger partial charge in [0.15, 0.2) is 11.5 Å². The number of pyridine rings is 1. The molecule has 0 unspecified atom stereocenters. The number of halogens is 1. The lowest BCUT2D eigenvalue weighted by atomic mass is 9.98. The molecular weight excluding hydrogens is 567 g/mol. The molecule has 6 rings (SSSR count). The molecule has 2 aliphatic heterocycles. The predicted octanol–water partition coefficient (Wildman–Crippen LogP) is 4.53. The van der Waals surface area contributed by atoms with E-state index in [2.05, 4.69) is 19.9 Å². The summed E-state index contributed by atoms with van der Waals surface area (Å²) < 4.78 is 27.7. The minimum Gasteiger partial charge on any atom is -0.444 e. The van der Waals surface area contributed by atoms with Crippen LogP contribution in [-0.4, -0.2) is 77.8 Å². The van der Waals surface area contributed by atoms with E-state index in [9.17, 15) is 14.0 Å². The molecule has 5 heterocycles. The molecule has 0 aliphatic carbocycles. The van der Waals surface area contributed by atoms with Gasteiger partial charge in [0.1, 0.15) is 29.0 Å². The van der Waals surface area contributed by atoms with Crippen LogP contribution in [-0.2, 0) is 4.74 Å². The number of imidazole rings is 1. The van der Waals surface area contributed by atoms with E-state index in [1.807, 2.05) is 20.8 Å². The molecule has 1 aromatic carbocycles. The summed E-state index contributed by atoms with van der Waals surface area (Å²) in [5, 5.41) is 0. The van der Waals surface area contributed by atoms with E-state index in [-0.39, 0.29) is 29.5 Å². The van der Waals surface area contributed by atoms with Crippen LogP contribution in [0.15, 0.2) is 53.7 Å². The number of aromatic nitrogens is 5. The van der Waals surface area contributed by atoms with Crippen LogP contribution in [0.4, 0.5) is 15.0 Å². The van der Waals surface area contributed by atoms with Crippen molar-refractivity contribution in [3.05, 3.63) is 65.2 Å². The van der Waals surface area contributed by atoms with E-state index in [4.69, 9.17) is 15.2 Å². The van der Waals surface area contributed by atoms with E-state index in [0.29, 0.717) is 47.6 Å². The third-order valence-electron chi connectivity index (χ3n) is 8.19. The van der Waals surface area contributed by atoms with Gasteiger partial charge in [0.25, 0.3) is 0 Å². The molecule has 2 fully saturated rings. The monoisotopic (exact) mass is 604 g/mol. The zero-order valence-corrected chi connectivity index (χ0v) is 25.1. The van der Waals surface area contributed by atoms with Crippen LogP contribution in [0.1, 0.15) is 52.5 Å². The molecule has 44 heavy (non-hydrogen) atoms. The highest BCUT2D eigenvalue weighted by Gasteiger charge is 2.33. The van der Waals surface area contributed by atoms with Crippen LogP contribution in [0.25, 0.3) is 16.9 Å². The first-order chi connectivity index (χ1) is 21.1. The van der Waals surface area contributed by atoms with Gasteiger partial charge < -0.3 is 25.0 Å². The lowest BCUT2D eigenvalue weighted by Crippen LogP contribution is -2.50. The second-order valence-electron chi connectivity index (χ2n) is 12.3. The first-order valence-electron chi connectivity index (χ1n) is 14.9. The molecule has 2 aliphatic rings. The number of hydrogen-bond donors (Lipinski definition) is 1. The van der Waals surface area contributed by atoms with E-state index >= 15 is 0 Å². The van der Waals surface area contributed by atoms with Gasteiger partial charge >= 0.3 is 11.8 Å². The first-order valence-corrected chi connectivity index (χ1v) is 14.9. The predicted molar refractivity (Wildman–Crippen MR) is 162 cm³/mol. The summed E-state index contributed by atoms with van der Waals surface area (Å²) in [6.07, 6.45) is 5.99. The third kappa shape index (κ3) is 6.09. The van der Waals surface area contributed by atoms with Crippen molar-refractivity contribution in [2.45, 2.75) is 64.1 Å². The maximum absolute atomic E-state index is 14.0. The molecule has 13 heteroatoms. The number of anilines is 1. The van der Waals surface area contributed by atoms with Crippen molar-refractivity contribution in [3.63, 3.8) is 0 Å². The molecule has 0 bridgehead atoms. The van der Waals surface area contributed by atoms with Crippen molar-refractivity contribution in [3.8, 4) is 17.3 Å². The summed E-state index contributed by atoms with van der Waals surface area (Å²) in [6.45, 7) is 8.64. The van der Waals surface area contributed by atoms with Gasteiger partial charge in [0, 0.05) is 44.3 Å². The number of benzene rings is 1. The SMILES string of the molecule is CC(C)(C)OC(=O)N1CCC(N2CCC(n3c(=O)n(-c4ccc(Oc5ccc(F)cc5)nc4)c4c(N)ncnc43)CC2)CC1. The Kier molecular flexibility index (Phi) is 7.97. The number of rotatable bonds is 5. The Morgan fingerprint density at radius 3 is 2.25 bits per heavy atom. The molecule has 232 valence electrons. The Bertz CT molecular complexity index is 1680. The molecule has 12 nitrogen and oxygen atoms in total. The molecule has 4 aromatic rings. The number of nitrogens with zero attached hydrogens (tertiary/aromatic N) is 7. The van der Waals surface area contributed by atoms with Crippen LogP contribution in [0.3, 0.4) is 0 Å². The molecule has 0 saturated carbocycles. The quantitative estimate of drug-likeness (QED) is 0.349. The Morgan fingerprint density at radius 2 is 1.61 bits per heavy atom. The number of nitrogens with two attached hydrogens (primary N) is 1. The maximum atomic E-state index is 14.0. The molecule has 0 atom stereocenters. The second kappa shape index (κ2) is 11.9. The summed E-state index contributed by atoms with van der Waals surface area (Å²) >= 11 is 0. The number of piperidine rings is 2. The van der Waals surface area contributed by atoms with E-state index in [1.165, 1.54) is 41.4 Å². The van der Waals surface area contributed by atoms with Gasteiger partial charge in [-0.05, 0) is 76.8 Å². The maximum Gasteiger partial charge on any atom is 0.410 e. The number of carbonyl (C=O) groups is 1. The average Bonchev–Trinajstić information content (AvgIpc) is 3.31. The number of likely N-dealkylation sites (tertiary alicyclic amines) is 2. The highest BCUT2D eigenvalue weighted by atomic mass is 19.1. The van der Waals surface area contributed by atoms with Gasteiger partial charge in [0.2, 0.25) is 5.88 Å². The Balaban J connectivity index is 1.17. The average molecular weight is 605 g/mol. The van der Waals surface area contributed by atoms with Gasteiger partial charge in [-0.25, -0.2) is 28.9 Å². The van der Waals surface area contributed by atoms with Crippen LogP contribution in [0, 0.1) is 5.82 Å². The molecular formula is C31H37FN8O4. The minimum atomic E-state index is -0.508. The van der Waals surface area contributed by atoms with Crippen molar-refractivity contribution in [2.24, 2.45) is 0 Å². The summed E-state index contributed by atoms with van der Waals surface area (Å²) in [5.41, 5.74) is 6.94. The molecule has 3 aromatic heterocycles. The molecule has 0 radical (unpaired) electrons. The van der Waals surface area contributed by atoms with Crippen molar-refractivity contribution in [1.82, 2.24) is 33.9 Å². The lowest BCUT2D eigenvalue weighted by molar-refractivity contribution is 0.0120. The Morgan fingerprint density at radius 1 is 0.932 bits per heavy atom. The van der Waals surface area contributed by atoms with Crippen LogP contribution in [0.5, 0.6) is 11.6 Å². The number of amides is 1. The highest BCUT2D eigenvalue weighted by Crippen LogP contribution is 2.31. The van der Waals surface area contributed by atoms with Gasteiger partial charge in [0.05, 0.1) is 11.9 Å². The molecule has 2 saturated heterocycles. The summed E-state index contributed by atoms with van der Waals surface area (Å²) in [5.74, 6) is 0.581. The molecule has 2 N–H and O–H groups in total. The summed E-state index contributed by atoms with van der Waals surface area (Å²) in [4.78, 5) is 43.7. The van der Waals surface area contributed by atoms with Crippen LogP contribution in [0.2, 0.25) is 0 Å². The minimum absolute atomic E-state index is 0.0623. The van der Waals surface area contributed by atoms with Crippen LogP contribution < -0.4 is 16.2 Å².